The van der Waals surface area contributed by atoms with Crippen molar-refractivity contribution in [2.24, 2.45) is 0 Å². The molecule has 0 N–H and O–H groups in total. The van der Waals surface area contributed by atoms with Gasteiger partial charge in [0.1, 0.15) is 0 Å². The molecule has 1 saturated heterocycles. The van der Waals surface area contributed by atoms with Crippen LogP contribution in [0.4, 0.5) is 0 Å². The largest absolute Gasteiger partial charge is 0.373 e. The Labute approximate surface area is 123 Å². The molecule has 2 rings (SSSR count). The molecule has 0 bridgehead atoms. The van der Waals surface area contributed by atoms with Crippen LogP contribution < -0.4 is 0 Å². The molecule has 3 nitrogen and oxygen atoms in total. The fourth-order valence-corrected chi connectivity index (χ4v) is 2.88. The Morgan fingerprint density at radius 1 is 1.42 bits per heavy atom. The summed E-state index contributed by atoms with van der Waals surface area (Å²) in [6.45, 7) is 7.28. The van der Waals surface area contributed by atoms with Crippen molar-refractivity contribution in [2.75, 3.05) is 18.5 Å². The summed E-state index contributed by atoms with van der Waals surface area (Å²) < 4.78 is 5.68. The summed E-state index contributed by atoms with van der Waals surface area (Å²) in [5.41, 5.74) is 2.92. The predicted molar refractivity (Wildman–Crippen MR) is 79.9 cm³/mol. The molecule has 1 aliphatic rings. The van der Waals surface area contributed by atoms with E-state index in [1.54, 1.807) is 0 Å². The van der Waals surface area contributed by atoms with E-state index in [1.807, 2.05) is 43.9 Å². The van der Waals surface area contributed by atoms with Crippen LogP contribution in [-0.2, 0) is 4.74 Å². The minimum Gasteiger partial charge on any atom is -0.373 e. The zero-order valence-corrected chi connectivity index (χ0v) is 13.2. The Morgan fingerprint density at radius 3 is 2.63 bits per heavy atom. The number of carbonyl (C=O) groups excluding carboxylic acids is 1. The number of carbonyl (C=O) groups is 1. The van der Waals surface area contributed by atoms with E-state index in [0.717, 1.165) is 22.0 Å². The van der Waals surface area contributed by atoms with Gasteiger partial charge in [0.25, 0.3) is 5.91 Å². The van der Waals surface area contributed by atoms with Crippen molar-refractivity contribution < 1.29 is 9.53 Å². The molecule has 0 aromatic heterocycles. The molecule has 1 fully saturated rings. The normalized spacial score (nSPS) is 23.5. The molecule has 4 heteroatoms. The van der Waals surface area contributed by atoms with Gasteiger partial charge in [0, 0.05) is 17.4 Å². The SMILES string of the molecule is Cc1cccc(C)c1C(=O)N1CC(CBr)OCC1C. The zero-order chi connectivity index (χ0) is 14.0. The van der Waals surface area contributed by atoms with Crippen LogP contribution >= 0.6 is 15.9 Å². The molecule has 0 aliphatic carbocycles. The number of hydrogen-bond donors (Lipinski definition) is 0. The highest BCUT2D eigenvalue weighted by Crippen LogP contribution is 2.21. The van der Waals surface area contributed by atoms with Crippen molar-refractivity contribution in [3.63, 3.8) is 0 Å². The Morgan fingerprint density at radius 2 is 2.05 bits per heavy atom. The number of aryl methyl sites for hydroxylation is 2. The Balaban J connectivity index is 2.27. The molecular formula is C15H20BrNO2. The lowest BCUT2D eigenvalue weighted by atomic mass is 10.0. The number of morpholine rings is 1. The second-order valence-electron chi connectivity index (χ2n) is 5.18. The van der Waals surface area contributed by atoms with Gasteiger partial charge in [-0.25, -0.2) is 0 Å². The summed E-state index contributed by atoms with van der Waals surface area (Å²) in [5.74, 6) is 0.123. The lowest BCUT2D eigenvalue weighted by Crippen LogP contribution is -2.51. The van der Waals surface area contributed by atoms with Gasteiger partial charge in [0.2, 0.25) is 0 Å². The Kier molecular flexibility index (Phi) is 4.63. The smallest absolute Gasteiger partial charge is 0.254 e. The van der Waals surface area contributed by atoms with Gasteiger partial charge in [-0.3, -0.25) is 4.79 Å². The molecule has 19 heavy (non-hydrogen) atoms. The topological polar surface area (TPSA) is 29.5 Å². The Bertz CT molecular complexity index is 455. The number of amides is 1. The van der Waals surface area contributed by atoms with E-state index in [-0.39, 0.29) is 18.1 Å². The van der Waals surface area contributed by atoms with Crippen molar-refractivity contribution in [3.8, 4) is 0 Å². The number of nitrogens with zero attached hydrogens (tertiary/aromatic N) is 1. The van der Waals surface area contributed by atoms with Crippen LogP contribution in [0.25, 0.3) is 0 Å². The van der Waals surface area contributed by atoms with E-state index in [4.69, 9.17) is 4.74 Å². The van der Waals surface area contributed by atoms with E-state index < -0.39 is 0 Å². The van der Waals surface area contributed by atoms with Crippen LogP contribution in [0.3, 0.4) is 0 Å². The maximum absolute atomic E-state index is 12.8. The molecule has 104 valence electrons. The van der Waals surface area contributed by atoms with Crippen LogP contribution in [0.5, 0.6) is 0 Å². The highest BCUT2D eigenvalue weighted by atomic mass is 79.9. The predicted octanol–water partition coefficient (Wildman–Crippen LogP) is 2.93. The maximum Gasteiger partial charge on any atom is 0.254 e. The van der Waals surface area contributed by atoms with Crippen molar-refractivity contribution >= 4 is 21.8 Å². The van der Waals surface area contributed by atoms with Crippen LogP contribution in [0.2, 0.25) is 0 Å². The number of ether oxygens (including phenoxy) is 1. The lowest BCUT2D eigenvalue weighted by Gasteiger charge is -2.38. The number of benzene rings is 1. The molecule has 1 aromatic carbocycles. The quantitative estimate of drug-likeness (QED) is 0.782. The van der Waals surface area contributed by atoms with Gasteiger partial charge < -0.3 is 9.64 Å². The van der Waals surface area contributed by atoms with E-state index in [9.17, 15) is 4.79 Å². The first-order valence-corrected chi connectivity index (χ1v) is 7.71. The summed E-state index contributed by atoms with van der Waals surface area (Å²) in [4.78, 5) is 14.7. The highest BCUT2D eigenvalue weighted by molar-refractivity contribution is 9.09. The van der Waals surface area contributed by atoms with Crippen molar-refractivity contribution in [3.05, 3.63) is 34.9 Å². The first-order chi connectivity index (χ1) is 9.04. The molecule has 1 aromatic rings. The first-order valence-electron chi connectivity index (χ1n) is 6.59. The van der Waals surface area contributed by atoms with E-state index >= 15 is 0 Å². The maximum atomic E-state index is 12.8. The third-order valence-electron chi connectivity index (χ3n) is 3.63. The molecule has 1 aliphatic heterocycles. The summed E-state index contributed by atoms with van der Waals surface area (Å²) in [6, 6.07) is 6.10. The molecule has 0 radical (unpaired) electrons. The monoisotopic (exact) mass is 325 g/mol. The minimum absolute atomic E-state index is 0.0875. The number of rotatable bonds is 2. The molecular weight excluding hydrogens is 306 g/mol. The minimum atomic E-state index is 0.0875. The number of halogens is 1. The molecule has 0 saturated carbocycles. The lowest BCUT2D eigenvalue weighted by molar-refractivity contribution is -0.0362. The first kappa shape index (κ1) is 14.5. The average molecular weight is 326 g/mol. The fraction of sp³-hybridized carbons (Fsp3) is 0.533. The summed E-state index contributed by atoms with van der Waals surface area (Å²) in [5, 5.41) is 0.760. The second kappa shape index (κ2) is 6.06. The summed E-state index contributed by atoms with van der Waals surface area (Å²) >= 11 is 3.43. The average Bonchev–Trinajstić information content (AvgIpc) is 2.39. The van der Waals surface area contributed by atoms with Gasteiger partial charge in [-0.1, -0.05) is 34.1 Å². The van der Waals surface area contributed by atoms with Crippen LogP contribution in [0.1, 0.15) is 28.4 Å². The molecule has 0 spiro atoms. The van der Waals surface area contributed by atoms with E-state index in [1.165, 1.54) is 0 Å². The highest BCUT2D eigenvalue weighted by Gasteiger charge is 2.30. The third-order valence-corrected chi connectivity index (χ3v) is 4.36. The summed E-state index contributed by atoms with van der Waals surface area (Å²) in [7, 11) is 0. The van der Waals surface area contributed by atoms with Gasteiger partial charge in [-0.15, -0.1) is 0 Å². The van der Waals surface area contributed by atoms with Crippen molar-refractivity contribution in [1.82, 2.24) is 4.90 Å². The van der Waals surface area contributed by atoms with Crippen molar-refractivity contribution in [2.45, 2.75) is 32.9 Å². The third kappa shape index (κ3) is 3.00. The zero-order valence-electron chi connectivity index (χ0n) is 11.6. The Hall–Kier alpha value is -0.870. The number of hydrogen-bond acceptors (Lipinski definition) is 2. The fourth-order valence-electron chi connectivity index (χ4n) is 2.49. The van der Waals surface area contributed by atoms with Crippen molar-refractivity contribution in [1.29, 1.82) is 0 Å². The van der Waals surface area contributed by atoms with Gasteiger partial charge in [0.05, 0.1) is 18.8 Å². The van der Waals surface area contributed by atoms with Crippen LogP contribution in [0, 0.1) is 13.8 Å². The van der Waals surface area contributed by atoms with Gasteiger partial charge in [-0.05, 0) is 31.9 Å². The van der Waals surface area contributed by atoms with Gasteiger partial charge in [0.15, 0.2) is 0 Å². The number of alkyl halides is 1. The molecule has 2 atom stereocenters. The molecule has 1 amide bonds. The van der Waals surface area contributed by atoms with Gasteiger partial charge >= 0.3 is 0 Å². The van der Waals surface area contributed by atoms with E-state index in [2.05, 4.69) is 15.9 Å². The second-order valence-corrected chi connectivity index (χ2v) is 5.83. The van der Waals surface area contributed by atoms with Crippen LogP contribution in [-0.4, -0.2) is 41.4 Å². The molecule has 1 heterocycles. The van der Waals surface area contributed by atoms with Crippen LogP contribution in [0.15, 0.2) is 18.2 Å². The summed E-state index contributed by atoms with van der Waals surface area (Å²) in [6.07, 6.45) is 0.0875. The van der Waals surface area contributed by atoms with Gasteiger partial charge in [-0.2, -0.15) is 0 Å². The molecule has 2 unspecified atom stereocenters. The van der Waals surface area contributed by atoms with E-state index in [0.29, 0.717) is 13.2 Å². The standard InChI is InChI=1S/C15H20BrNO2/c1-10-5-4-6-11(2)14(10)15(18)17-8-13(7-16)19-9-12(17)3/h4-6,12-13H,7-9H2,1-3H3.